The van der Waals surface area contributed by atoms with Crippen molar-refractivity contribution in [3.8, 4) is 11.3 Å². The third-order valence-corrected chi connectivity index (χ3v) is 7.11. The van der Waals surface area contributed by atoms with E-state index in [1.165, 1.54) is 23.0 Å². The highest BCUT2D eigenvalue weighted by molar-refractivity contribution is 5.95. The molecule has 3 amide bonds. The summed E-state index contributed by atoms with van der Waals surface area (Å²) in [5.41, 5.74) is -0.929. The van der Waals surface area contributed by atoms with E-state index in [4.69, 9.17) is 5.11 Å². The van der Waals surface area contributed by atoms with Gasteiger partial charge in [0.1, 0.15) is 17.2 Å². The number of carboxylic acid groups (broad SMARTS) is 1. The maximum Gasteiger partial charge on any atom is 0.317 e. The van der Waals surface area contributed by atoms with Gasteiger partial charge in [0, 0.05) is 37.3 Å². The smallest absolute Gasteiger partial charge is 0.317 e. The quantitative estimate of drug-likeness (QED) is 0.664. The van der Waals surface area contributed by atoms with Gasteiger partial charge in [0.05, 0.1) is 24.7 Å². The molecule has 1 unspecified atom stereocenters. The molecule has 3 fully saturated rings. The molecule has 1 aliphatic carbocycles. The number of alkyl halides is 1. The van der Waals surface area contributed by atoms with Crippen molar-refractivity contribution in [1.82, 2.24) is 30.1 Å². The molecule has 12 heteroatoms. The maximum atomic E-state index is 15.1. The Hall–Kier alpha value is -3.57. The first-order valence-electron chi connectivity index (χ1n) is 11.7. The Morgan fingerprint density at radius 2 is 2.06 bits per heavy atom. The van der Waals surface area contributed by atoms with Crippen LogP contribution in [0.5, 0.6) is 0 Å². The standard InChI is InChI=1S/C23H26F2N6O4/c24-17-8-15(19-12-30(28-27-19)13-23(25)3-1-14(10-23)21(33)34)7-16(9-17)20(32)29-5-6-31-18(11-29)2-4-26-22(31)35/h7-9,12,14,18H,1-6,10-11,13H2,(H,26,35)(H,33,34)/t14-,18?,23-/m1/s1. The molecule has 3 heterocycles. The molecule has 2 saturated heterocycles. The number of urea groups is 1. The highest BCUT2D eigenvalue weighted by atomic mass is 19.1. The Morgan fingerprint density at radius 1 is 1.23 bits per heavy atom. The SMILES string of the molecule is O=C(O)[C@@H]1CC[C@](F)(Cn2cc(-c3cc(F)cc(C(=O)N4CCN5C(=O)NCCC5C4)c3)nn2)C1. The lowest BCUT2D eigenvalue weighted by Crippen LogP contribution is -2.62. The third-order valence-electron chi connectivity index (χ3n) is 7.11. The fourth-order valence-electron chi connectivity index (χ4n) is 5.28. The zero-order chi connectivity index (χ0) is 24.7. The summed E-state index contributed by atoms with van der Waals surface area (Å²) in [5.74, 6) is -2.67. The number of aromatic nitrogens is 3. The minimum Gasteiger partial charge on any atom is -0.481 e. The number of nitrogens with one attached hydrogen (secondary N) is 1. The first-order chi connectivity index (χ1) is 16.7. The van der Waals surface area contributed by atoms with Crippen LogP contribution in [-0.4, -0.2) is 85.7 Å². The number of amides is 3. The molecule has 3 atom stereocenters. The number of hydrogen-bond donors (Lipinski definition) is 2. The lowest BCUT2D eigenvalue weighted by molar-refractivity contribution is -0.141. The van der Waals surface area contributed by atoms with Crippen LogP contribution >= 0.6 is 0 Å². The van der Waals surface area contributed by atoms with E-state index in [2.05, 4.69) is 15.6 Å². The number of carbonyl (C=O) groups excluding carboxylic acids is 2. The van der Waals surface area contributed by atoms with Crippen molar-refractivity contribution in [1.29, 1.82) is 0 Å². The summed E-state index contributed by atoms with van der Waals surface area (Å²) in [4.78, 5) is 39.7. The average molecular weight is 488 g/mol. The number of hydrogen-bond acceptors (Lipinski definition) is 5. The first kappa shape index (κ1) is 23.2. The van der Waals surface area contributed by atoms with Gasteiger partial charge >= 0.3 is 12.0 Å². The van der Waals surface area contributed by atoms with E-state index in [1.54, 1.807) is 9.80 Å². The van der Waals surface area contributed by atoms with E-state index in [1.807, 2.05) is 0 Å². The van der Waals surface area contributed by atoms with Crippen LogP contribution < -0.4 is 5.32 Å². The summed E-state index contributed by atoms with van der Waals surface area (Å²) in [6.45, 7) is 1.54. The molecule has 186 valence electrons. The van der Waals surface area contributed by atoms with Gasteiger partial charge in [-0.05, 0) is 43.9 Å². The molecule has 2 N–H and O–H groups in total. The molecule has 1 aromatic carbocycles. The van der Waals surface area contributed by atoms with E-state index in [9.17, 15) is 18.8 Å². The fraction of sp³-hybridized carbons (Fsp3) is 0.522. The monoisotopic (exact) mass is 488 g/mol. The van der Waals surface area contributed by atoms with Crippen molar-refractivity contribution in [3.05, 3.63) is 35.8 Å². The van der Waals surface area contributed by atoms with E-state index in [-0.39, 0.29) is 55.0 Å². The van der Waals surface area contributed by atoms with Crippen LogP contribution in [0.15, 0.2) is 24.4 Å². The first-order valence-corrected chi connectivity index (χ1v) is 11.7. The average Bonchev–Trinajstić information content (AvgIpc) is 3.45. The molecule has 3 aliphatic rings. The number of aliphatic carboxylic acids is 1. The molecule has 0 spiro atoms. The van der Waals surface area contributed by atoms with E-state index in [0.29, 0.717) is 31.7 Å². The van der Waals surface area contributed by atoms with Gasteiger partial charge in [-0.3, -0.25) is 9.59 Å². The van der Waals surface area contributed by atoms with Crippen LogP contribution in [0.2, 0.25) is 0 Å². The lowest BCUT2D eigenvalue weighted by atomic mass is 10.0. The number of carboxylic acids is 1. The number of benzene rings is 1. The van der Waals surface area contributed by atoms with Gasteiger partial charge in [-0.2, -0.15) is 0 Å². The van der Waals surface area contributed by atoms with Crippen LogP contribution in [0.25, 0.3) is 11.3 Å². The van der Waals surface area contributed by atoms with Crippen molar-refractivity contribution in [2.75, 3.05) is 26.2 Å². The minimum atomic E-state index is -1.70. The normalized spacial score (nSPS) is 26.4. The van der Waals surface area contributed by atoms with Crippen molar-refractivity contribution in [2.45, 2.75) is 43.9 Å². The second-order valence-corrected chi connectivity index (χ2v) is 9.58. The van der Waals surface area contributed by atoms with Crippen LogP contribution in [0.4, 0.5) is 13.6 Å². The zero-order valence-corrected chi connectivity index (χ0v) is 19.0. The summed E-state index contributed by atoms with van der Waals surface area (Å²) >= 11 is 0. The van der Waals surface area contributed by atoms with Gasteiger partial charge < -0.3 is 20.2 Å². The van der Waals surface area contributed by atoms with Crippen molar-refractivity contribution >= 4 is 17.9 Å². The number of rotatable bonds is 5. The molecule has 5 rings (SSSR count). The van der Waals surface area contributed by atoms with Gasteiger partial charge in [-0.15, -0.1) is 5.10 Å². The summed E-state index contributed by atoms with van der Waals surface area (Å²) < 4.78 is 30.9. The zero-order valence-electron chi connectivity index (χ0n) is 19.0. The molecular weight excluding hydrogens is 462 g/mol. The Morgan fingerprint density at radius 3 is 2.83 bits per heavy atom. The molecule has 0 bridgehead atoms. The van der Waals surface area contributed by atoms with Crippen LogP contribution in [0.1, 0.15) is 36.0 Å². The fourth-order valence-corrected chi connectivity index (χ4v) is 5.28. The number of halogens is 2. The summed E-state index contributed by atoms with van der Waals surface area (Å²) in [6, 6.07) is 3.72. The van der Waals surface area contributed by atoms with Crippen molar-refractivity contribution in [2.24, 2.45) is 5.92 Å². The van der Waals surface area contributed by atoms with E-state index >= 15 is 4.39 Å². The Bertz CT molecular complexity index is 1170. The number of nitrogens with zero attached hydrogens (tertiary/aromatic N) is 5. The lowest BCUT2D eigenvalue weighted by Gasteiger charge is -2.43. The molecule has 10 nitrogen and oxygen atoms in total. The molecule has 1 aromatic heterocycles. The van der Waals surface area contributed by atoms with Gasteiger partial charge in [0.2, 0.25) is 0 Å². The van der Waals surface area contributed by atoms with Gasteiger partial charge in [-0.1, -0.05) is 5.21 Å². The Kier molecular flexibility index (Phi) is 5.89. The Balaban J connectivity index is 1.30. The predicted octanol–water partition coefficient (Wildman–Crippen LogP) is 1.92. The summed E-state index contributed by atoms with van der Waals surface area (Å²) in [7, 11) is 0. The minimum absolute atomic E-state index is 0.0706. The highest BCUT2D eigenvalue weighted by Gasteiger charge is 2.43. The van der Waals surface area contributed by atoms with E-state index < -0.39 is 23.4 Å². The Labute approximate surface area is 199 Å². The number of carbonyl (C=O) groups is 3. The summed E-state index contributed by atoms with van der Waals surface area (Å²) in [5, 5.41) is 19.9. The van der Waals surface area contributed by atoms with Crippen LogP contribution in [0.3, 0.4) is 0 Å². The molecule has 0 radical (unpaired) electrons. The molecule has 1 saturated carbocycles. The largest absolute Gasteiger partial charge is 0.481 e. The molecule has 2 aromatic rings. The molecular formula is C23H26F2N6O4. The second-order valence-electron chi connectivity index (χ2n) is 9.58. The van der Waals surface area contributed by atoms with E-state index in [0.717, 1.165) is 12.5 Å². The second kappa shape index (κ2) is 8.90. The molecule has 2 aliphatic heterocycles. The maximum absolute atomic E-state index is 15.1. The highest BCUT2D eigenvalue weighted by Crippen LogP contribution is 2.39. The molecule has 35 heavy (non-hydrogen) atoms. The van der Waals surface area contributed by atoms with Crippen molar-refractivity contribution < 1.29 is 28.3 Å². The van der Waals surface area contributed by atoms with Crippen molar-refractivity contribution in [3.63, 3.8) is 0 Å². The number of fused-ring (bicyclic) bond motifs is 1. The topological polar surface area (TPSA) is 121 Å². The summed E-state index contributed by atoms with van der Waals surface area (Å²) in [6.07, 6.45) is 2.50. The third kappa shape index (κ3) is 4.69. The van der Waals surface area contributed by atoms with Crippen LogP contribution in [0, 0.1) is 11.7 Å². The van der Waals surface area contributed by atoms with Gasteiger partial charge in [0.15, 0.2) is 0 Å². The van der Waals surface area contributed by atoms with Crippen LogP contribution in [-0.2, 0) is 11.3 Å². The van der Waals surface area contributed by atoms with Gasteiger partial charge in [-0.25, -0.2) is 18.3 Å². The predicted molar refractivity (Wildman–Crippen MR) is 119 cm³/mol. The number of piperazine rings is 1. The van der Waals surface area contributed by atoms with Gasteiger partial charge in [0.25, 0.3) is 5.91 Å².